The molecule has 2 aliphatic rings. The van der Waals surface area contributed by atoms with Gasteiger partial charge in [-0.3, -0.25) is 4.90 Å². The van der Waals surface area contributed by atoms with Crippen molar-refractivity contribution < 1.29 is 21.6 Å². The highest BCUT2D eigenvalue weighted by atomic mass is 32.2. The van der Waals surface area contributed by atoms with E-state index >= 15 is 0 Å². The summed E-state index contributed by atoms with van der Waals surface area (Å²) in [5.74, 6) is 0.112. The Hall–Kier alpha value is -0.340. The molecule has 2 aliphatic heterocycles. The molecule has 8 heteroatoms. The van der Waals surface area contributed by atoms with Crippen molar-refractivity contribution in [1.29, 1.82) is 0 Å². The Bertz CT molecular complexity index is 396. The molecule has 2 rings (SSSR count). The van der Waals surface area contributed by atoms with E-state index in [1.165, 1.54) is 4.90 Å². The zero-order valence-electron chi connectivity index (χ0n) is 9.91. The predicted octanol–water partition coefficient (Wildman–Crippen LogP) is 0.400. The molecule has 18 heavy (non-hydrogen) atoms. The third-order valence-corrected chi connectivity index (χ3v) is 5.89. The van der Waals surface area contributed by atoms with E-state index in [-0.39, 0.29) is 25.4 Å². The summed E-state index contributed by atoms with van der Waals surface area (Å²) in [4.78, 5) is 1.27. The van der Waals surface area contributed by atoms with Crippen molar-refractivity contribution in [2.24, 2.45) is 0 Å². The number of sulfone groups is 1. The molecule has 0 spiro atoms. The maximum atomic E-state index is 12.8. The highest BCUT2D eigenvalue weighted by Gasteiger charge is 2.46. The zero-order chi connectivity index (χ0) is 13.4. The summed E-state index contributed by atoms with van der Waals surface area (Å²) in [7, 11) is -3.18. The SMILES string of the molecule is O=S1(=O)CCCC1CN1CCNCC1C(F)(F)F. The second kappa shape index (κ2) is 4.97. The molecule has 0 saturated carbocycles. The molecule has 2 atom stereocenters. The maximum Gasteiger partial charge on any atom is 0.405 e. The first kappa shape index (κ1) is 14.1. The Morgan fingerprint density at radius 3 is 2.61 bits per heavy atom. The molecular formula is C10H17F3N2O2S. The Kier molecular flexibility index (Phi) is 3.89. The van der Waals surface area contributed by atoms with Crippen molar-refractivity contribution in [3.8, 4) is 0 Å². The number of hydrogen-bond donors (Lipinski definition) is 1. The van der Waals surface area contributed by atoms with Crippen molar-refractivity contribution >= 4 is 9.84 Å². The minimum Gasteiger partial charge on any atom is -0.314 e. The van der Waals surface area contributed by atoms with Crippen LogP contribution in [0.5, 0.6) is 0 Å². The molecule has 4 nitrogen and oxygen atoms in total. The van der Waals surface area contributed by atoms with Gasteiger partial charge >= 0.3 is 6.18 Å². The molecule has 106 valence electrons. The molecule has 0 aliphatic carbocycles. The molecule has 2 unspecified atom stereocenters. The highest BCUT2D eigenvalue weighted by Crippen LogP contribution is 2.28. The average molecular weight is 286 g/mol. The zero-order valence-corrected chi connectivity index (χ0v) is 10.7. The van der Waals surface area contributed by atoms with Crippen LogP contribution in [0, 0.1) is 0 Å². The van der Waals surface area contributed by atoms with Crippen molar-refractivity contribution in [3.63, 3.8) is 0 Å². The summed E-state index contributed by atoms with van der Waals surface area (Å²) in [5, 5.41) is 2.08. The second-order valence-corrected chi connectivity index (χ2v) is 7.29. The fraction of sp³-hybridized carbons (Fsp3) is 1.00. The molecule has 0 aromatic rings. The molecule has 0 aromatic heterocycles. The number of nitrogens with one attached hydrogen (secondary N) is 1. The third-order valence-electron chi connectivity index (χ3n) is 3.63. The number of nitrogens with zero attached hydrogens (tertiary/aromatic N) is 1. The van der Waals surface area contributed by atoms with Crippen molar-refractivity contribution in [1.82, 2.24) is 10.2 Å². The van der Waals surface area contributed by atoms with E-state index in [4.69, 9.17) is 0 Å². The Morgan fingerprint density at radius 2 is 2.06 bits per heavy atom. The first-order valence-corrected chi connectivity index (χ1v) is 7.75. The largest absolute Gasteiger partial charge is 0.405 e. The van der Waals surface area contributed by atoms with E-state index in [1.807, 2.05) is 0 Å². The van der Waals surface area contributed by atoms with Gasteiger partial charge in [-0.2, -0.15) is 13.2 Å². The highest BCUT2D eigenvalue weighted by molar-refractivity contribution is 7.92. The number of piperazine rings is 1. The number of halogens is 3. The monoisotopic (exact) mass is 286 g/mol. The van der Waals surface area contributed by atoms with Crippen LogP contribution in [0.15, 0.2) is 0 Å². The summed E-state index contributed by atoms with van der Waals surface area (Å²) >= 11 is 0. The lowest BCUT2D eigenvalue weighted by Crippen LogP contribution is -2.59. The van der Waals surface area contributed by atoms with Crippen LogP contribution < -0.4 is 5.32 Å². The number of alkyl halides is 3. The number of rotatable bonds is 2. The lowest BCUT2D eigenvalue weighted by atomic mass is 10.1. The van der Waals surface area contributed by atoms with Gasteiger partial charge in [-0.1, -0.05) is 0 Å². The van der Waals surface area contributed by atoms with Crippen LogP contribution in [0.3, 0.4) is 0 Å². The second-order valence-electron chi connectivity index (χ2n) is 4.89. The number of hydrogen-bond acceptors (Lipinski definition) is 4. The Balaban J connectivity index is 2.06. The Labute approximate surface area is 104 Å². The molecule has 2 fully saturated rings. The van der Waals surface area contributed by atoms with Crippen molar-refractivity contribution in [2.45, 2.75) is 30.3 Å². The van der Waals surface area contributed by atoms with Crippen LogP contribution in [0.2, 0.25) is 0 Å². The van der Waals surface area contributed by atoms with Crippen LogP contribution in [0.4, 0.5) is 13.2 Å². The minimum atomic E-state index is -4.31. The van der Waals surface area contributed by atoms with E-state index in [0.29, 0.717) is 19.4 Å². The average Bonchev–Trinajstić information content (AvgIpc) is 2.58. The van der Waals surface area contributed by atoms with Gasteiger partial charge in [0.2, 0.25) is 0 Å². The van der Waals surface area contributed by atoms with Gasteiger partial charge in [0.1, 0.15) is 6.04 Å². The summed E-state index contributed by atoms with van der Waals surface area (Å²) < 4.78 is 61.8. The van der Waals surface area contributed by atoms with Crippen molar-refractivity contribution in [2.75, 3.05) is 31.9 Å². The van der Waals surface area contributed by atoms with E-state index in [1.54, 1.807) is 0 Å². The fourth-order valence-electron chi connectivity index (χ4n) is 2.61. The van der Waals surface area contributed by atoms with Gasteiger partial charge in [0.15, 0.2) is 9.84 Å². The van der Waals surface area contributed by atoms with Crippen LogP contribution in [0.1, 0.15) is 12.8 Å². The smallest absolute Gasteiger partial charge is 0.314 e. The summed E-state index contributed by atoms with van der Waals surface area (Å²) in [6.45, 7) is 0.569. The van der Waals surface area contributed by atoms with Crippen LogP contribution in [-0.2, 0) is 9.84 Å². The molecule has 0 amide bonds. The molecule has 2 saturated heterocycles. The van der Waals surface area contributed by atoms with Crippen LogP contribution in [0.25, 0.3) is 0 Å². The van der Waals surface area contributed by atoms with Gasteiger partial charge in [0.05, 0.1) is 11.0 Å². The van der Waals surface area contributed by atoms with Gasteiger partial charge in [-0.05, 0) is 12.8 Å². The van der Waals surface area contributed by atoms with E-state index in [9.17, 15) is 21.6 Å². The minimum absolute atomic E-state index is 0.00812. The predicted molar refractivity (Wildman–Crippen MR) is 61.1 cm³/mol. The first-order chi connectivity index (χ1) is 8.31. The molecule has 0 aromatic carbocycles. The van der Waals surface area contributed by atoms with Crippen LogP contribution in [-0.4, -0.2) is 62.7 Å². The topological polar surface area (TPSA) is 49.4 Å². The van der Waals surface area contributed by atoms with Gasteiger partial charge in [-0.15, -0.1) is 0 Å². The Morgan fingerprint density at radius 1 is 1.33 bits per heavy atom. The van der Waals surface area contributed by atoms with Crippen LogP contribution >= 0.6 is 0 Å². The third kappa shape index (κ3) is 2.97. The molecule has 0 bridgehead atoms. The molecule has 2 heterocycles. The standard InChI is InChI=1S/C10H17F3N2O2S/c11-10(12,13)9-6-14-3-4-15(9)7-8-2-1-5-18(8,16)17/h8-9,14H,1-7H2. The van der Waals surface area contributed by atoms with Gasteiger partial charge in [0.25, 0.3) is 0 Å². The normalized spacial score (nSPS) is 33.7. The van der Waals surface area contributed by atoms with Gasteiger partial charge in [0, 0.05) is 26.2 Å². The van der Waals surface area contributed by atoms with E-state index < -0.39 is 27.3 Å². The van der Waals surface area contributed by atoms with Gasteiger partial charge in [-0.25, -0.2) is 8.42 Å². The van der Waals surface area contributed by atoms with Crippen molar-refractivity contribution in [3.05, 3.63) is 0 Å². The summed E-state index contributed by atoms with van der Waals surface area (Å²) in [6, 6.07) is -1.57. The molecule has 1 N–H and O–H groups in total. The summed E-state index contributed by atoms with van der Waals surface area (Å²) in [6.07, 6.45) is -3.26. The van der Waals surface area contributed by atoms with Gasteiger partial charge < -0.3 is 5.32 Å². The summed E-state index contributed by atoms with van der Waals surface area (Å²) in [5.41, 5.74) is 0. The quantitative estimate of drug-likeness (QED) is 0.798. The fourth-order valence-corrected chi connectivity index (χ4v) is 4.46. The first-order valence-electron chi connectivity index (χ1n) is 6.04. The maximum absolute atomic E-state index is 12.8. The molecular weight excluding hydrogens is 269 g/mol. The molecule has 0 radical (unpaired) electrons. The lowest BCUT2D eigenvalue weighted by Gasteiger charge is -2.38. The van der Waals surface area contributed by atoms with E-state index in [2.05, 4.69) is 5.32 Å². The van der Waals surface area contributed by atoms with E-state index in [0.717, 1.165) is 0 Å². The lowest BCUT2D eigenvalue weighted by molar-refractivity contribution is -0.186.